The maximum Gasteiger partial charge on any atom is 0.416 e. The van der Waals surface area contributed by atoms with E-state index < -0.39 is 50.9 Å². The molecule has 2 amide bonds. The average Bonchev–Trinajstić information content (AvgIpc) is 2.94. The van der Waals surface area contributed by atoms with Crippen LogP contribution in [-0.2, 0) is 38.8 Å². The van der Waals surface area contributed by atoms with Crippen LogP contribution in [-0.4, -0.2) is 61.7 Å². The van der Waals surface area contributed by atoms with Gasteiger partial charge in [0.05, 0.1) is 22.9 Å². The SMILES string of the molecule is Cc1ccc(S(=O)(=O)N2CCNC(=O)[C@H]2CC(=O)N[C@@H]2CCCc3cc(CN4CCCCC4)ccc32)cc1C(F)(F)F. The number of piperidine rings is 1. The lowest BCUT2D eigenvalue weighted by Gasteiger charge is -2.34. The number of benzene rings is 2. The molecule has 0 radical (unpaired) electrons. The van der Waals surface area contributed by atoms with E-state index in [4.69, 9.17) is 0 Å². The molecule has 3 aliphatic rings. The number of nitrogens with one attached hydrogen (secondary N) is 2. The molecular formula is C30H37F3N4O4S. The third-order valence-electron chi connectivity index (χ3n) is 8.49. The van der Waals surface area contributed by atoms with Gasteiger partial charge in [0, 0.05) is 19.6 Å². The van der Waals surface area contributed by atoms with Gasteiger partial charge in [-0.3, -0.25) is 14.5 Å². The number of alkyl halides is 3. The number of nitrogens with zero attached hydrogens (tertiary/aromatic N) is 2. The summed E-state index contributed by atoms with van der Waals surface area (Å²) in [6.07, 6.45) is 1.03. The Hall–Kier alpha value is -2.96. The second kappa shape index (κ2) is 12.3. The number of sulfonamides is 1. The van der Waals surface area contributed by atoms with E-state index in [2.05, 4.69) is 33.7 Å². The van der Waals surface area contributed by atoms with Crippen LogP contribution < -0.4 is 10.6 Å². The molecule has 2 aromatic rings. The molecule has 1 aliphatic carbocycles. The second-order valence-electron chi connectivity index (χ2n) is 11.5. The molecule has 0 spiro atoms. The molecule has 8 nitrogen and oxygen atoms in total. The number of likely N-dealkylation sites (tertiary alicyclic amines) is 1. The average molecular weight is 607 g/mol. The molecule has 0 aromatic heterocycles. The van der Waals surface area contributed by atoms with E-state index in [0.717, 1.165) is 54.5 Å². The topological polar surface area (TPSA) is 98.8 Å². The maximum absolute atomic E-state index is 13.5. The minimum absolute atomic E-state index is 0.00999. The van der Waals surface area contributed by atoms with Crippen LogP contribution >= 0.6 is 0 Å². The number of hydrogen-bond acceptors (Lipinski definition) is 5. The lowest BCUT2D eigenvalue weighted by Crippen LogP contribution is -2.58. The zero-order valence-electron chi connectivity index (χ0n) is 23.7. The van der Waals surface area contributed by atoms with Gasteiger partial charge in [-0.1, -0.05) is 30.7 Å². The highest BCUT2D eigenvalue weighted by molar-refractivity contribution is 7.89. The van der Waals surface area contributed by atoms with Gasteiger partial charge in [-0.15, -0.1) is 0 Å². The van der Waals surface area contributed by atoms with Crippen LogP contribution in [0.1, 0.15) is 72.4 Å². The summed E-state index contributed by atoms with van der Waals surface area (Å²) in [7, 11) is -4.50. The van der Waals surface area contributed by atoms with Crippen molar-refractivity contribution >= 4 is 21.8 Å². The normalized spacial score (nSPS) is 22.3. The molecule has 2 atom stereocenters. The van der Waals surface area contributed by atoms with E-state index in [-0.39, 0.29) is 24.7 Å². The van der Waals surface area contributed by atoms with E-state index >= 15 is 0 Å². The van der Waals surface area contributed by atoms with Crippen molar-refractivity contribution in [2.45, 2.75) is 81.6 Å². The van der Waals surface area contributed by atoms with Gasteiger partial charge in [-0.2, -0.15) is 17.5 Å². The molecule has 12 heteroatoms. The number of amides is 2. The second-order valence-corrected chi connectivity index (χ2v) is 13.4. The zero-order valence-corrected chi connectivity index (χ0v) is 24.5. The van der Waals surface area contributed by atoms with Gasteiger partial charge in [-0.25, -0.2) is 8.42 Å². The van der Waals surface area contributed by atoms with Crippen molar-refractivity contribution in [1.82, 2.24) is 19.8 Å². The summed E-state index contributed by atoms with van der Waals surface area (Å²) >= 11 is 0. The van der Waals surface area contributed by atoms with E-state index in [0.29, 0.717) is 12.5 Å². The highest BCUT2D eigenvalue weighted by Gasteiger charge is 2.41. The molecule has 2 saturated heterocycles. The van der Waals surface area contributed by atoms with E-state index in [9.17, 15) is 31.2 Å². The summed E-state index contributed by atoms with van der Waals surface area (Å²) in [6.45, 7) is 4.18. The number of halogens is 3. The first-order valence-corrected chi connectivity index (χ1v) is 16.0. The molecular weight excluding hydrogens is 569 g/mol. The smallest absolute Gasteiger partial charge is 0.353 e. The standard InChI is InChI=1S/C30H37F3N4O4S/c1-20-8-10-23(17-25(20)30(31,32)33)42(40,41)37-15-12-34-29(39)27(37)18-28(38)35-26-7-5-6-22-16-21(9-11-24(22)26)19-36-13-3-2-4-14-36/h8-11,16-17,26-27H,2-7,12-15,18-19H2,1H3,(H,34,39)(H,35,38)/t26-,27-/m1/s1. The van der Waals surface area contributed by atoms with Crippen LogP contribution in [0.4, 0.5) is 13.2 Å². The fraction of sp³-hybridized carbons (Fsp3) is 0.533. The fourth-order valence-corrected chi connectivity index (χ4v) is 7.91. The predicted molar refractivity (Wildman–Crippen MR) is 151 cm³/mol. The number of carbonyl (C=O) groups is 2. The van der Waals surface area contributed by atoms with Crippen LogP contribution in [0.3, 0.4) is 0 Å². The van der Waals surface area contributed by atoms with Crippen LogP contribution in [0.15, 0.2) is 41.3 Å². The Bertz CT molecular complexity index is 1440. The third kappa shape index (κ3) is 6.65. The van der Waals surface area contributed by atoms with Crippen molar-refractivity contribution < 1.29 is 31.2 Å². The summed E-state index contributed by atoms with van der Waals surface area (Å²) in [4.78, 5) is 27.9. The molecule has 2 aliphatic heterocycles. The Kier molecular flexibility index (Phi) is 8.96. The lowest BCUT2D eigenvalue weighted by molar-refractivity contribution is -0.138. The zero-order chi connectivity index (χ0) is 30.1. The van der Waals surface area contributed by atoms with Crippen LogP contribution in [0, 0.1) is 6.92 Å². The van der Waals surface area contributed by atoms with Gasteiger partial charge >= 0.3 is 6.18 Å². The molecule has 5 rings (SSSR count). The van der Waals surface area contributed by atoms with Gasteiger partial charge < -0.3 is 10.6 Å². The van der Waals surface area contributed by atoms with Crippen LogP contribution in [0.25, 0.3) is 0 Å². The van der Waals surface area contributed by atoms with Crippen molar-refractivity contribution in [3.8, 4) is 0 Å². The summed E-state index contributed by atoms with van der Waals surface area (Å²) in [6, 6.07) is 7.50. The monoisotopic (exact) mass is 606 g/mol. The molecule has 2 heterocycles. The molecule has 0 saturated carbocycles. The van der Waals surface area contributed by atoms with Gasteiger partial charge in [0.2, 0.25) is 21.8 Å². The fourth-order valence-electron chi connectivity index (χ4n) is 6.30. The molecule has 2 N–H and O–H groups in total. The van der Waals surface area contributed by atoms with Crippen molar-refractivity contribution in [3.63, 3.8) is 0 Å². The largest absolute Gasteiger partial charge is 0.416 e. The Labute approximate surface area is 244 Å². The number of carbonyl (C=O) groups excluding carboxylic acids is 2. The first kappa shape index (κ1) is 30.5. The van der Waals surface area contributed by atoms with Gasteiger partial charge in [0.15, 0.2) is 0 Å². The van der Waals surface area contributed by atoms with Crippen molar-refractivity contribution in [2.75, 3.05) is 26.2 Å². The summed E-state index contributed by atoms with van der Waals surface area (Å²) < 4.78 is 68.3. The van der Waals surface area contributed by atoms with Gasteiger partial charge in [0.1, 0.15) is 6.04 Å². The first-order chi connectivity index (χ1) is 19.9. The van der Waals surface area contributed by atoms with E-state index in [1.54, 1.807) is 0 Å². The third-order valence-corrected chi connectivity index (χ3v) is 10.4. The Balaban J connectivity index is 1.30. The maximum atomic E-state index is 13.5. The van der Waals surface area contributed by atoms with Crippen LogP contribution in [0.2, 0.25) is 0 Å². The minimum Gasteiger partial charge on any atom is -0.353 e. The molecule has 0 bridgehead atoms. The lowest BCUT2D eigenvalue weighted by atomic mass is 9.86. The summed E-state index contributed by atoms with van der Waals surface area (Å²) in [5.74, 6) is -1.15. The molecule has 2 aromatic carbocycles. The first-order valence-electron chi connectivity index (χ1n) is 14.5. The van der Waals surface area contributed by atoms with Crippen LogP contribution in [0.5, 0.6) is 0 Å². The summed E-state index contributed by atoms with van der Waals surface area (Å²) in [5.41, 5.74) is 2.27. The van der Waals surface area contributed by atoms with Crippen molar-refractivity contribution in [3.05, 3.63) is 64.2 Å². The number of fused-ring (bicyclic) bond motifs is 1. The molecule has 2 fully saturated rings. The van der Waals surface area contributed by atoms with E-state index in [1.807, 2.05) is 0 Å². The molecule has 0 unspecified atom stereocenters. The van der Waals surface area contributed by atoms with E-state index in [1.165, 1.54) is 37.3 Å². The summed E-state index contributed by atoms with van der Waals surface area (Å²) in [5, 5.41) is 5.58. The molecule has 42 heavy (non-hydrogen) atoms. The van der Waals surface area contributed by atoms with Crippen molar-refractivity contribution in [1.29, 1.82) is 0 Å². The number of rotatable bonds is 7. The predicted octanol–water partition coefficient (Wildman–Crippen LogP) is 4.07. The van der Waals surface area contributed by atoms with Crippen molar-refractivity contribution in [2.24, 2.45) is 0 Å². The minimum atomic E-state index is -4.74. The Morgan fingerprint density at radius 1 is 1.05 bits per heavy atom. The van der Waals surface area contributed by atoms with Gasteiger partial charge in [-0.05, 0) is 86.5 Å². The number of hydrogen-bond donors (Lipinski definition) is 2. The highest BCUT2D eigenvalue weighted by Crippen LogP contribution is 2.35. The Morgan fingerprint density at radius 3 is 2.55 bits per heavy atom. The number of piperazine rings is 1. The van der Waals surface area contributed by atoms with Gasteiger partial charge in [0.25, 0.3) is 0 Å². The quantitative estimate of drug-likeness (QED) is 0.495. The Morgan fingerprint density at radius 2 is 1.81 bits per heavy atom. The highest BCUT2D eigenvalue weighted by atomic mass is 32.2. The molecule has 228 valence electrons. The number of aryl methyl sites for hydroxylation is 2.